The summed E-state index contributed by atoms with van der Waals surface area (Å²) in [4.78, 5) is 16.7. The van der Waals surface area contributed by atoms with Crippen molar-refractivity contribution in [2.75, 3.05) is 5.43 Å². The predicted molar refractivity (Wildman–Crippen MR) is 79.4 cm³/mol. The van der Waals surface area contributed by atoms with E-state index in [1.807, 2.05) is 60.7 Å². The van der Waals surface area contributed by atoms with Crippen molar-refractivity contribution in [2.24, 2.45) is 4.99 Å². The van der Waals surface area contributed by atoms with E-state index in [1.165, 1.54) is 5.01 Å². The maximum absolute atomic E-state index is 12.2. The van der Waals surface area contributed by atoms with Gasteiger partial charge in [-0.2, -0.15) is 0 Å². The van der Waals surface area contributed by atoms with E-state index in [-0.39, 0.29) is 11.9 Å². The first-order chi connectivity index (χ1) is 9.75. The third-order valence-electron chi connectivity index (χ3n) is 3.15. The quantitative estimate of drug-likeness (QED) is 0.927. The first kappa shape index (κ1) is 12.4. The smallest absolute Gasteiger partial charge is 0.271 e. The van der Waals surface area contributed by atoms with E-state index < -0.39 is 0 Å². The molecule has 0 radical (unpaired) electrons. The van der Waals surface area contributed by atoms with E-state index in [0.717, 1.165) is 11.3 Å². The lowest BCUT2D eigenvalue weighted by molar-refractivity contribution is -0.126. The molecule has 2 aromatic carbocycles. The van der Waals surface area contributed by atoms with Crippen LogP contribution in [0.1, 0.15) is 12.5 Å². The molecule has 0 saturated heterocycles. The number of hydrogen-bond donors (Lipinski definition) is 1. The van der Waals surface area contributed by atoms with Crippen molar-refractivity contribution in [2.45, 2.75) is 13.0 Å². The molecule has 0 fully saturated rings. The molecule has 1 N–H and O–H groups in total. The van der Waals surface area contributed by atoms with Crippen LogP contribution in [0.5, 0.6) is 0 Å². The topological polar surface area (TPSA) is 44.7 Å². The zero-order valence-corrected chi connectivity index (χ0v) is 11.2. The molecule has 0 aliphatic carbocycles. The number of carbonyl (C=O) groups is 1. The Morgan fingerprint density at radius 1 is 1.00 bits per heavy atom. The van der Waals surface area contributed by atoms with Crippen LogP contribution in [0.15, 0.2) is 65.7 Å². The third kappa shape index (κ3) is 2.28. The molecule has 3 rings (SSSR count). The summed E-state index contributed by atoms with van der Waals surface area (Å²) in [6.07, 6.45) is 0. The van der Waals surface area contributed by atoms with Crippen molar-refractivity contribution in [3.63, 3.8) is 0 Å². The number of amidine groups is 1. The van der Waals surface area contributed by atoms with Crippen LogP contribution in [0.4, 0.5) is 5.69 Å². The minimum atomic E-state index is -0.360. The molecular formula is C16H15N3O. The summed E-state index contributed by atoms with van der Waals surface area (Å²) in [6, 6.07) is 19.0. The summed E-state index contributed by atoms with van der Waals surface area (Å²) in [7, 11) is 0. The van der Waals surface area contributed by atoms with Crippen molar-refractivity contribution in [1.29, 1.82) is 0 Å². The van der Waals surface area contributed by atoms with Gasteiger partial charge in [0.15, 0.2) is 5.84 Å². The molecule has 1 aliphatic heterocycles. The second-order valence-electron chi connectivity index (χ2n) is 4.65. The lowest BCUT2D eigenvalue weighted by atomic mass is 10.2. The molecule has 100 valence electrons. The fraction of sp³-hybridized carbons (Fsp3) is 0.125. The number of carbonyl (C=O) groups excluding carboxylic acids is 1. The van der Waals surface area contributed by atoms with Crippen LogP contribution in [0.2, 0.25) is 0 Å². The van der Waals surface area contributed by atoms with E-state index >= 15 is 0 Å². The summed E-state index contributed by atoms with van der Waals surface area (Å²) in [5.41, 5.74) is 4.91. The number of rotatable bonds is 3. The van der Waals surface area contributed by atoms with Gasteiger partial charge in [0.25, 0.3) is 5.91 Å². The Kier molecular flexibility index (Phi) is 3.21. The van der Waals surface area contributed by atoms with Gasteiger partial charge in [0, 0.05) is 5.56 Å². The molecule has 0 saturated carbocycles. The highest BCUT2D eigenvalue weighted by Gasteiger charge is 2.32. The van der Waals surface area contributed by atoms with Gasteiger partial charge in [0.1, 0.15) is 6.04 Å². The zero-order valence-electron chi connectivity index (χ0n) is 11.2. The number of benzene rings is 2. The van der Waals surface area contributed by atoms with Gasteiger partial charge in [-0.25, -0.2) is 5.01 Å². The van der Waals surface area contributed by atoms with Crippen molar-refractivity contribution in [1.82, 2.24) is 5.01 Å². The van der Waals surface area contributed by atoms with Gasteiger partial charge in [0.2, 0.25) is 0 Å². The number of hydrogen-bond acceptors (Lipinski definition) is 3. The van der Waals surface area contributed by atoms with Crippen LogP contribution < -0.4 is 5.43 Å². The second-order valence-corrected chi connectivity index (χ2v) is 4.65. The zero-order chi connectivity index (χ0) is 13.9. The maximum Gasteiger partial charge on any atom is 0.271 e. The minimum Gasteiger partial charge on any atom is -0.290 e. The van der Waals surface area contributed by atoms with Crippen LogP contribution in [-0.4, -0.2) is 22.8 Å². The summed E-state index contributed by atoms with van der Waals surface area (Å²) < 4.78 is 0. The molecule has 20 heavy (non-hydrogen) atoms. The average Bonchev–Trinajstić information content (AvgIpc) is 2.78. The van der Waals surface area contributed by atoms with Gasteiger partial charge in [-0.05, 0) is 19.1 Å². The van der Waals surface area contributed by atoms with Crippen molar-refractivity contribution in [3.05, 3.63) is 66.2 Å². The van der Waals surface area contributed by atoms with E-state index in [0.29, 0.717) is 5.84 Å². The second kappa shape index (κ2) is 5.17. The molecule has 2 aromatic rings. The molecule has 0 spiro atoms. The molecule has 4 nitrogen and oxygen atoms in total. The van der Waals surface area contributed by atoms with Gasteiger partial charge >= 0.3 is 0 Å². The first-order valence-electron chi connectivity index (χ1n) is 6.54. The lowest BCUT2D eigenvalue weighted by Crippen LogP contribution is -2.39. The standard InChI is InChI=1S/C16H15N3O/c1-12-16(20)19(18-14-10-6-3-7-11-14)15(17-12)13-8-4-2-5-9-13/h2-12,18H,1H3/t12-/m0/s1. The van der Waals surface area contributed by atoms with E-state index in [1.54, 1.807) is 6.92 Å². The van der Waals surface area contributed by atoms with Crippen LogP contribution >= 0.6 is 0 Å². The van der Waals surface area contributed by atoms with Gasteiger partial charge < -0.3 is 0 Å². The van der Waals surface area contributed by atoms with Crippen molar-refractivity contribution in [3.8, 4) is 0 Å². The fourth-order valence-corrected chi connectivity index (χ4v) is 2.13. The number of anilines is 1. The Hall–Kier alpha value is -2.62. The highest BCUT2D eigenvalue weighted by molar-refractivity contribution is 6.14. The van der Waals surface area contributed by atoms with Gasteiger partial charge in [-0.3, -0.25) is 15.2 Å². The van der Waals surface area contributed by atoms with Gasteiger partial charge in [-0.1, -0.05) is 48.5 Å². The molecule has 1 amide bonds. The molecular weight excluding hydrogens is 250 g/mol. The summed E-state index contributed by atoms with van der Waals surface area (Å²) in [5, 5.41) is 1.52. The normalized spacial score (nSPS) is 18.1. The number of hydrazine groups is 1. The summed E-state index contributed by atoms with van der Waals surface area (Å²) >= 11 is 0. The Balaban J connectivity index is 1.92. The highest BCUT2D eigenvalue weighted by atomic mass is 16.2. The first-order valence-corrected chi connectivity index (χ1v) is 6.54. The van der Waals surface area contributed by atoms with Crippen molar-refractivity contribution >= 4 is 17.4 Å². The van der Waals surface area contributed by atoms with E-state index in [4.69, 9.17) is 0 Å². The van der Waals surface area contributed by atoms with E-state index in [2.05, 4.69) is 10.4 Å². The Bertz CT molecular complexity index is 637. The molecule has 1 heterocycles. The van der Waals surface area contributed by atoms with Crippen LogP contribution in [0.25, 0.3) is 0 Å². The number of aliphatic imine (C=N–C) groups is 1. The summed E-state index contributed by atoms with van der Waals surface area (Å²) in [5.74, 6) is 0.611. The van der Waals surface area contributed by atoms with Crippen LogP contribution in [-0.2, 0) is 4.79 Å². The van der Waals surface area contributed by atoms with Gasteiger partial charge in [0.05, 0.1) is 5.69 Å². The Morgan fingerprint density at radius 3 is 2.25 bits per heavy atom. The van der Waals surface area contributed by atoms with Crippen LogP contribution in [0, 0.1) is 0 Å². The molecule has 0 unspecified atom stereocenters. The predicted octanol–water partition coefficient (Wildman–Crippen LogP) is 2.69. The van der Waals surface area contributed by atoms with Crippen LogP contribution in [0.3, 0.4) is 0 Å². The fourth-order valence-electron chi connectivity index (χ4n) is 2.13. The third-order valence-corrected chi connectivity index (χ3v) is 3.15. The number of amides is 1. The SMILES string of the molecule is C[C@@H]1N=C(c2ccccc2)N(Nc2ccccc2)C1=O. The monoisotopic (exact) mass is 265 g/mol. The van der Waals surface area contributed by atoms with Gasteiger partial charge in [-0.15, -0.1) is 0 Å². The average molecular weight is 265 g/mol. The molecule has 4 heteroatoms. The molecule has 0 bridgehead atoms. The number of nitrogens with zero attached hydrogens (tertiary/aromatic N) is 2. The molecule has 0 aromatic heterocycles. The lowest BCUT2D eigenvalue weighted by Gasteiger charge is -2.21. The number of nitrogens with one attached hydrogen (secondary N) is 1. The minimum absolute atomic E-state index is 0.0484. The Morgan fingerprint density at radius 2 is 1.60 bits per heavy atom. The van der Waals surface area contributed by atoms with E-state index in [9.17, 15) is 4.79 Å². The number of para-hydroxylation sites is 1. The molecule has 1 atom stereocenters. The Labute approximate surface area is 117 Å². The summed E-state index contributed by atoms with van der Waals surface area (Å²) in [6.45, 7) is 1.80. The van der Waals surface area contributed by atoms with Crippen molar-refractivity contribution < 1.29 is 4.79 Å². The largest absolute Gasteiger partial charge is 0.290 e. The maximum atomic E-state index is 12.2. The molecule has 1 aliphatic rings. The highest BCUT2D eigenvalue weighted by Crippen LogP contribution is 2.18.